The Morgan fingerprint density at radius 2 is 1.57 bits per heavy atom. The van der Waals surface area contributed by atoms with Crippen molar-refractivity contribution in [2.75, 3.05) is 31.0 Å². The van der Waals surface area contributed by atoms with Crippen molar-refractivity contribution in [3.63, 3.8) is 0 Å². The van der Waals surface area contributed by atoms with Crippen LogP contribution in [-0.4, -0.2) is 57.9 Å². The molecule has 0 aliphatic heterocycles. The number of benzene rings is 3. The molecule has 1 N–H and O–H groups in total. The molecule has 0 aliphatic carbocycles. The lowest BCUT2D eigenvalue weighted by Crippen LogP contribution is -2.53. The van der Waals surface area contributed by atoms with E-state index in [0.717, 1.165) is 9.87 Å². The van der Waals surface area contributed by atoms with E-state index in [1.807, 2.05) is 51.1 Å². The Hall–Kier alpha value is -3.85. The molecule has 8 nitrogen and oxygen atoms in total. The number of nitrogens with zero attached hydrogens (tertiary/aromatic N) is 2. The minimum atomic E-state index is -4.12. The van der Waals surface area contributed by atoms with E-state index < -0.39 is 28.5 Å². The van der Waals surface area contributed by atoms with E-state index in [9.17, 15) is 18.0 Å². The number of hydrogen-bond acceptors (Lipinski definition) is 5. The zero-order valence-electron chi connectivity index (χ0n) is 23.6. The normalized spacial score (nSPS) is 12.0. The first-order valence-corrected chi connectivity index (χ1v) is 14.9. The molecule has 3 aromatic rings. The molecule has 0 aromatic heterocycles. The molecule has 0 heterocycles. The number of carbonyl (C=O) groups is 2. The Bertz CT molecular complexity index is 1350. The fourth-order valence-corrected chi connectivity index (χ4v) is 5.76. The van der Waals surface area contributed by atoms with Gasteiger partial charge in [-0.1, -0.05) is 75.4 Å². The summed E-state index contributed by atoms with van der Waals surface area (Å²) in [6, 6.07) is 23.5. The molecular weight excluding hydrogens is 526 g/mol. The topological polar surface area (TPSA) is 96.0 Å². The van der Waals surface area contributed by atoms with Crippen molar-refractivity contribution in [1.82, 2.24) is 10.2 Å². The van der Waals surface area contributed by atoms with Crippen molar-refractivity contribution >= 4 is 27.5 Å². The average molecular weight is 566 g/mol. The highest BCUT2D eigenvalue weighted by Gasteiger charge is 2.33. The third-order valence-corrected chi connectivity index (χ3v) is 8.29. The SMILES string of the molecule is CC[C@H](C(=O)NCC(C)C)N(CCc1ccccc1)C(=O)CN(c1cccc(OC)c1)S(=O)(=O)c1ccccc1. The highest BCUT2D eigenvalue weighted by molar-refractivity contribution is 7.92. The van der Waals surface area contributed by atoms with Crippen LogP contribution in [0.1, 0.15) is 32.8 Å². The molecule has 0 unspecified atom stereocenters. The first-order chi connectivity index (χ1) is 19.2. The Morgan fingerprint density at radius 3 is 2.17 bits per heavy atom. The van der Waals surface area contributed by atoms with Gasteiger partial charge in [0.15, 0.2) is 0 Å². The van der Waals surface area contributed by atoms with E-state index in [1.165, 1.54) is 24.1 Å². The monoisotopic (exact) mass is 565 g/mol. The summed E-state index contributed by atoms with van der Waals surface area (Å²) >= 11 is 0. The zero-order valence-corrected chi connectivity index (χ0v) is 24.4. The Morgan fingerprint density at radius 1 is 0.925 bits per heavy atom. The number of carbonyl (C=O) groups excluding carboxylic acids is 2. The van der Waals surface area contributed by atoms with Crippen LogP contribution in [0.25, 0.3) is 0 Å². The van der Waals surface area contributed by atoms with Gasteiger partial charge in [0.25, 0.3) is 10.0 Å². The Labute approximate surface area is 238 Å². The predicted molar refractivity (Wildman–Crippen MR) is 158 cm³/mol. The number of anilines is 1. The van der Waals surface area contributed by atoms with Crippen LogP contribution >= 0.6 is 0 Å². The molecule has 0 aliphatic rings. The van der Waals surface area contributed by atoms with Gasteiger partial charge >= 0.3 is 0 Å². The molecule has 3 rings (SSSR count). The summed E-state index contributed by atoms with van der Waals surface area (Å²) in [6.45, 7) is 6.11. The molecule has 0 spiro atoms. The first kappa shape index (κ1) is 30.7. The summed E-state index contributed by atoms with van der Waals surface area (Å²) in [4.78, 5) is 28.8. The van der Waals surface area contributed by atoms with Gasteiger partial charge in [-0.05, 0) is 48.6 Å². The zero-order chi connectivity index (χ0) is 29.1. The largest absolute Gasteiger partial charge is 0.497 e. The van der Waals surface area contributed by atoms with E-state index in [2.05, 4.69) is 5.32 Å². The van der Waals surface area contributed by atoms with Gasteiger partial charge in [-0.3, -0.25) is 13.9 Å². The Balaban J connectivity index is 2.00. The fraction of sp³-hybridized carbons (Fsp3) is 0.355. The molecule has 9 heteroatoms. The fourth-order valence-electron chi connectivity index (χ4n) is 4.33. The van der Waals surface area contributed by atoms with Gasteiger partial charge < -0.3 is 15.0 Å². The number of amides is 2. The minimum Gasteiger partial charge on any atom is -0.497 e. The molecular formula is C31H39N3O5S. The summed E-state index contributed by atoms with van der Waals surface area (Å²) < 4.78 is 34.1. The molecule has 0 bridgehead atoms. The van der Waals surface area contributed by atoms with E-state index >= 15 is 0 Å². The number of hydrogen-bond donors (Lipinski definition) is 1. The predicted octanol–water partition coefficient (Wildman–Crippen LogP) is 4.51. The van der Waals surface area contributed by atoms with Crippen molar-refractivity contribution in [2.24, 2.45) is 5.92 Å². The molecule has 0 saturated carbocycles. The van der Waals surface area contributed by atoms with Gasteiger partial charge in [0.2, 0.25) is 11.8 Å². The van der Waals surface area contributed by atoms with Crippen LogP contribution in [0.2, 0.25) is 0 Å². The van der Waals surface area contributed by atoms with E-state index in [0.29, 0.717) is 25.1 Å². The summed E-state index contributed by atoms with van der Waals surface area (Å²) in [5.41, 5.74) is 1.30. The van der Waals surface area contributed by atoms with Crippen LogP contribution < -0.4 is 14.4 Å². The minimum absolute atomic E-state index is 0.0585. The third-order valence-electron chi connectivity index (χ3n) is 6.51. The standard InChI is InChI=1S/C31H39N3O5S/c1-5-29(31(36)32-22-24(2)3)33(20-19-25-13-8-6-9-14-25)30(35)23-34(26-15-12-16-27(21-26)39-4)40(37,38)28-17-10-7-11-18-28/h6-18,21,24,29H,5,19-20,22-23H2,1-4H3,(H,32,36)/t29-/m1/s1. The smallest absolute Gasteiger partial charge is 0.264 e. The second-order valence-corrected chi connectivity index (χ2v) is 11.8. The molecule has 1 atom stereocenters. The Kier molecular flexibility index (Phi) is 11.1. The highest BCUT2D eigenvalue weighted by atomic mass is 32.2. The van der Waals surface area contributed by atoms with Gasteiger partial charge in [0, 0.05) is 19.2 Å². The summed E-state index contributed by atoms with van der Waals surface area (Å²) in [5, 5.41) is 2.94. The van der Waals surface area contributed by atoms with Gasteiger partial charge in [-0.15, -0.1) is 0 Å². The van der Waals surface area contributed by atoms with Gasteiger partial charge in [-0.2, -0.15) is 0 Å². The molecule has 40 heavy (non-hydrogen) atoms. The molecule has 0 saturated heterocycles. The van der Waals surface area contributed by atoms with Crippen LogP contribution in [0, 0.1) is 5.92 Å². The molecule has 3 aromatic carbocycles. The van der Waals surface area contributed by atoms with Crippen LogP contribution in [0.15, 0.2) is 89.8 Å². The maximum absolute atomic E-state index is 14.0. The van der Waals surface area contributed by atoms with Gasteiger partial charge in [0.05, 0.1) is 17.7 Å². The van der Waals surface area contributed by atoms with Crippen molar-refractivity contribution < 1.29 is 22.7 Å². The number of sulfonamides is 1. The van der Waals surface area contributed by atoms with Crippen LogP contribution in [0.3, 0.4) is 0 Å². The lowest BCUT2D eigenvalue weighted by atomic mass is 10.1. The maximum atomic E-state index is 14.0. The quantitative estimate of drug-likeness (QED) is 0.310. The van der Waals surface area contributed by atoms with E-state index in [-0.39, 0.29) is 29.0 Å². The lowest BCUT2D eigenvalue weighted by Gasteiger charge is -2.33. The average Bonchev–Trinajstić information content (AvgIpc) is 2.97. The van der Waals surface area contributed by atoms with Crippen molar-refractivity contribution in [3.05, 3.63) is 90.5 Å². The molecule has 0 fully saturated rings. The number of methoxy groups -OCH3 is 1. The van der Waals surface area contributed by atoms with Gasteiger partial charge in [0.1, 0.15) is 18.3 Å². The third kappa shape index (κ3) is 8.08. The molecule has 0 radical (unpaired) electrons. The molecule has 2 amide bonds. The van der Waals surface area contributed by atoms with Crippen molar-refractivity contribution in [1.29, 1.82) is 0 Å². The number of rotatable bonds is 14. The molecule has 214 valence electrons. The summed E-state index contributed by atoms with van der Waals surface area (Å²) in [6.07, 6.45) is 0.903. The lowest BCUT2D eigenvalue weighted by molar-refractivity contribution is -0.139. The van der Waals surface area contributed by atoms with Crippen LogP contribution in [0.5, 0.6) is 5.75 Å². The van der Waals surface area contributed by atoms with Crippen molar-refractivity contribution in [3.8, 4) is 5.75 Å². The van der Waals surface area contributed by atoms with E-state index in [1.54, 1.807) is 42.5 Å². The summed E-state index contributed by atoms with van der Waals surface area (Å²) in [7, 11) is -2.63. The van der Waals surface area contributed by atoms with Crippen LogP contribution in [0.4, 0.5) is 5.69 Å². The van der Waals surface area contributed by atoms with Crippen molar-refractivity contribution in [2.45, 2.75) is 44.6 Å². The second kappa shape index (κ2) is 14.5. The van der Waals surface area contributed by atoms with E-state index in [4.69, 9.17) is 4.74 Å². The summed E-state index contributed by atoms with van der Waals surface area (Å²) in [5.74, 6) is -0.0191. The first-order valence-electron chi connectivity index (χ1n) is 13.5. The van der Waals surface area contributed by atoms with Gasteiger partial charge in [-0.25, -0.2) is 8.42 Å². The highest BCUT2D eigenvalue weighted by Crippen LogP contribution is 2.27. The maximum Gasteiger partial charge on any atom is 0.264 e. The number of nitrogens with one attached hydrogen (secondary N) is 1. The second-order valence-electron chi connectivity index (χ2n) is 9.91. The number of ether oxygens (including phenoxy) is 1. The van der Waals surface area contributed by atoms with Crippen LogP contribution in [-0.2, 0) is 26.0 Å².